The fourth-order valence-electron chi connectivity index (χ4n) is 2.82. The first-order chi connectivity index (χ1) is 11.1. The molecule has 1 aromatic heterocycles. The minimum atomic E-state index is 0. The monoisotopic (exact) mass is 364 g/mol. The molecule has 0 atom stereocenters. The zero-order valence-corrected chi connectivity index (χ0v) is 15.2. The van der Waals surface area contributed by atoms with Crippen LogP contribution in [0.2, 0.25) is 5.02 Å². The Morgan fingerprint density at radius 1 is 1.04 bits per heavy atom. The molecule has 1 heterocycles. The highest BCUT2D eigenvalue weighted by Gasteiger charge is 2.24. The summed E-state index contributed by atoms with van der Waals surface area (Å²) in [7, 11) is 3.24. The van der Waals surface area contributed by atoms with Gasteiger partial charge in [0.1, 0.15) is 5.39 Å². The van der Waals surface area contributed by atoms with Crippen molar-refractivity contribution in [1.82, 2.24) is 0 Å². The number of nitrogens with zero attached hydrogens (tertiary/aromatic N) is 1. The summed E-state index contributed by atoms with van der Waals surface area (Å²) < 4.78 is 12.7. The number of methoxy groups -OCH3 is 2. The van der Waals surface area contributed by atoms with Crippen LogP contribution in [0.15, 0.2) is 42.5 Å². The van der Waals surface area contributed by atoms with Gasteiger partial charge in [0, 0.05) is 18.0 Å². The van der Waals surface area contributed by atoms with Gasteiger partial charge in [-0.1, -0.05) is 22.3 Å². The lowest BCUT2D eigenvalue weighted by Crippen LogP contribution is -3.00. The molecule has 3 rings (SSSR count). The van der Waals surface area contributed by atoms with E-state index < -0.39 is 0 Å². The first-order valence-electron chi connectivity index (χ1n) is 7.18. The summed E-state index contributed by atoms with van der Waals surface area (Å²) in [5.41, 5.74) is 2.68. The van der Waals surface area contributed by atoms with E-state index in [1.807, 2.05) is 49.4 Å². The van der Waals surface area contributed by atoms with Gasteiger partial charge in [-0.25, -0.2) is 5.84 Å². The van der Waals surface area contributed by atoms with Gasteiger partial charge in [-0.15, -0.1) is 0 Å². The Morgan fingerprint density at radius 2 is 1.79 bits per heavy atom. The number of hydrogen-bond acceptors (Lipinski definition) is 3. The van der Waals surface area contributed by atoms with Crippen LogP contribution in [0.1, 0.15) is 5.69 Å². The summed E-state index contributed by atoms with van der Waals surface area (Å²) in [5, 5.41) is 2.57. The molecule has 4 nitrogen and oxygen atoms in total. The second kappa shape index (κ2) is 7.16. The number of aromatic nitrogens is 1. The van der Waals surface area contributed by atoms with Crippen molar-refractivity contribution >= 4 is 22.4 Å². The van der Waals surface area contributed by atoms with E-state index >= 15 is 0 Å². The van der Waals surface area contributed by atoms with Crippen molar-refractivity contribution in [2.75, 3.05) is 20.1 Å². The maximum atomic E-state index is 6.32. The van der Waals surface area contributed by atoms with Crippen molar-refractivity contribution < 1.29 is 26.6 Å². The predicted octanol–water partition coefficient (Wildman–Crippen LogP) is 0.491. The number of nitrogen functional groups attached to an aromatic ring is 1. The lowest BCUT2D eigenvalue weighted by atomic mass is 10.0. The third-order valence-corrected chi connectivity index (χ3v) is 4.13. The van der Waals surface area contributed by atoms with E-state index in [1.165, 1.54) is 0 Å². The molecule has 0 saturated heterocycles. The Kier molecular flexibility index (Phi) is 5.42. The quantitative estimate of drug-likeness (QED) is 0.543. The molecule has 0 amide bonds. The second-order valence-electron chi connectivity index (χ2n) is 5.28. The highest BCUT2D eigenvalue weighted by Crippen LogP contribution is 2.40. The SMILES string of the molecule is COc1ccc2cc(C)[n+](N)c(-c3cccc(Cl)c3)c2c1OC.[Cl-]. The molecule has 24 heavy (non-hydrogen) atoms. The molecule has 0 aliphatic carbocycles. The number of hydrogen-bond donors (Lipinski definition) is 1. The minimum Gasteiger partial charge on any atom is -1.00 e. The van der Waals surface area contributed by atoms with Gasteiger partial charge in [0.2, 0.25) is 5.69 Å². The molecule has 3 aromatic rings. The molecule has 0 radical (unpaired) electrons. The molecule has 0 unspecified atom stereocenters. The molecular weight excluding hydrogens is 347 g/mol. The lowest BCUT2D eigenvalue weighted by Gasteiger charge is -2.13. The number of fused-ring (bicyclic) bond motifs is 1. The van der Waals surface area contributed by atoms with Crippen LogP contribution in [0, 0.1) is 6.92 Å². The van der Waals surface area contributed by atoms with Gasteiger partial charge in [-0.3, -0.25) is 0 Å². The van der Waals surface area contributed by atoms with Crippen LogP contribution in [0.3, 0.4) is 0 Å². The Morgan fingerprint density at radius 3 is 2.42 bits per heavy atom. The van der Waals surface area contributed by atoms with Crippen LogP contribution in [0.25, 0.3) is 22.0 Å². The van der Waals surface area contributed by atoms with E-state index in [4.69, 9.17) is 26.9 Å². The topological polar surface area (TPSA) is 48.4 Å². The Bertz CT molecular complexity index is 898. The van der Waals surface area contributed by atoms with Crippen molar-refractivity contribution in [3.63, 3.8) is 0 Å². The lowest BCUT2D eigenvalue weighted by molar-refractivity contribution is -0.632. The summed E-state index contributed by atoms with van der Waals surface area (Å²) in [4.78, 5) is 0. The van der Waals surface area contributed by atoms with Gasteiger partial charge in [-0.2, -0.15) is 0 Å². The molecule has 0 aliphatic rings. The zero-order chi connectivity index (χ0) is 16.6. The highest BCUT2D eigenvalue weighted by molar-refractivity contribution is 6.30. The predicted molar refractivity (Wildman–Crippen MR) is 92.6 cm³/mol. The fourth-order valence-corrected chi connectivity index (χ4v) is 3.01. The molecule has 0 fully saturated rings. The van der Waals surface area contributed by atoms with Gasteiger partial charge in [0.05, 0.1) is 19.8 Å². The summed E-state index contributed by atoms with van der Waals surface area (Å²) in [6.45, 7) is 1.96. The van der Waals surface area contributed by atoms with E-state index in [1.54, 1.807) is 18.9 Å². The first kappa shape index (κ1) is 18.2. The summed E-state index contributed by atoms with van der Waals surface area (Å²) in [6, 6.07) is 13.5. The Hall–Kier alpha value is -2.17. The zero-order valence-electron chi connectivity index (χ0n) is 13.6. The number of halogens is 2. The molecule has 126 valence electrons. The Labute approximate surface area is 152 Å². The standard InChI is InChI=1S/C18H18ClN2O2.ClH/c1-11-9-12-7-8-15(22-2)18(23-3)16(12)17(21(11)20)13-5-4-6-14(19)10-13;/h4-10H,20H2,1-3H3;1H/q+1;/p-1. The van der Waals surface area contributed by atoms with Crippen molar-refractivity contribution in [3.8, 4) is 22.8 Å². The van der Waals surface area contributed by atoms with Crippen molar-refractivity contribution in [1.29, 1.82) is 0 Å². The Balaban J connectivity index is 0.00000208. The molecule has 0 spiro atoms. The maximum absolute atomic E-state index is 6.32. The van der Waals surface area contributed by atoms with Gasteiger partial charge >= 0.3 is 0 Å². The fraction of sp³-hybridized carbons (Fsp3) is 0.167. The third-order valence-electron chi connectivity index (χ3n) is 3.90. The molecule has 6 heteroatoms. The van der Waals surface area contributed by atoms with Crippen LogP contribution in [-0.4, -0.2) is 14.2 Å². The van der Waals surface area contributed by atoms with Gasteiger partial charge in [0.15, 0.2) is 11.5 Å². The molecule has 0 aliphatic heterocycles. The number of ether oxygens (including phenoxy) is 2. The van der Waals surface area contributed by atoms with Crippen LogP contribution in [0.5, 0.6) is 11.5 Å². The smallest absolute Gasteiger partial charge is 0.254 e. The first-order valence-corrected chi connectivity index (χ1v) is 7.56. The minimum absolute atomic E-state index is 0. The van der Waals surface area contributed by atoms with Crippen molar-refractivity contribution in [2.45, 2.75) is 6.92 Å². The molecule has 2 N–H and O–H groups in total. The molecule has 0 saturated carbocycles. The number of rotatable bonds is 3. The largest absolute Gasteiger partial charge is 1.00 e. The van der Waals surface area contributed by atoms with Crippen molar-refractivity contribution in [2.24, 2.45) is 0 Å². The third kappa shape index (κ3) is 2.95. The highest BCUT2D eigenvalue weighted by atomic mass is 35.5. The number of pyridine rings is 1. The average Bonchev–Trinajstić information content (AvgIpc) is 2.55. The number of benzene rings is 2. The number of nitrogens with two attached hydrogens (primary N) is 1. The normalized spacial score (nSPS) is 10.3. The molecule has 0 bridgehead atoms. The van der Waals surface area contributed by atoms with Crippen LogP contribution in [-0.2, 0) is 0 Å². The summed E-state index contributed by atoms with van der Waals surface area (Å²) >= 11 is 6.16. The van der Waals surface area contributed by atoms with E-state index in [-0.39, 0.29) is 12.4 Å². The van der Waals surface area contributed by atoms with E-state index in [0.717, 1.165) is 27.7 Å². The van der Waals surface area contributed by atoms with E-state index in [2.05, 4.69) is 0 Å². The van der Waals surface area contributed by atoms with Crippen molar-refractivity contribution in [3.05, 3.63) is 53.2 Å². The van der Waals surface area contributed by atoms with Gasteiger partial charge < -0.3 is 21.9 Å². The van der Waals surface area contributed by atoms with Gasteiger partial charge in [0.25, 0.3) is 5.69 Å². The summed E-state index contributed by atoms with van der Waals surface area (Å²) in [5.74, 6) is 7.63. The van der Waals surface area contributed by atoms with Crippen LogP contribution in [0.4, 0.5) is 0 Å². The van der Waals surface area contributed by atoms with E-state index in [9.17, 15) is 0 Å². The van der Waals surface area contributed by atoms with Gasteiger partial charge in [-0.05, 0) is 35.7 Å². The molecular formula is C18H18Cl2N2O2. The maximum Gasteiger partial charge on any atom is 0.254 e. The van der Waals surface area contributed by atoms with Crippen LogP contribution >= 0.6 is 11.6 Å². The number of aryl methyl sites for hydroxylation is 1. The van der Waals surface area contributed by atoms with Crippen LogP contribution < -0.4 is 32.4 Å². The molecule has 2 aromatic carbocycles. The summed E-state index contributed by atoms with van der Waals surface area (Å²) in [6.07, 6.45) is 0. The van der Waals surface area contributed by atoms with E-state index in [0.29, 0.717) is 16.5 Å². The average molecular weight is 365 g/mol. The second-order valence-corrected chi connectivity index (χ2v) is 5.72.